The Morgan fingerprint density at radius 2 is 1.80 bits per heavy atom. The van der Waals surface area contributed by atoms with Crippen LogP contribution < -0.4 is 10.5 Å². The Bertz CT molecular complexity index is 539. The van der Waals surface area contributed by atoms with Crippen LogP contribution in [0, 0.1) is 5.92 Å². The Balaban J connectivity index is 2.03. The van der Waals surface area contributed by atoms with Crippen molar-refractivity contribution in [3.63, 3.8) is 0 Å². The normalized spacial score (nSPS) is 25.4. The van der Waals surface area contributed by atoms with Crippen molar-refractivity contribution in [3.8, 4) is 0 Å². The molecular weight excluding hydrogens is 272 g/mol. The molecule has 0 amide bonds. The number of hydrogen-bond donors (Lipinski definition) is 2. The smallest absolute Gasteiger partial charge is 0.238 e. The number of nitrogens with two attached hydrogens (primary N) is 1. The minimum absolute atomic E-state index is 0.166. The Hall–Kier alpha value is -0.910. The molecule has 112 valence electrons. The van der Waals surface area contributed by atoms with Crippen LogP contribution in [0.2, 0.25) is 0 Å². The second-order valence-corrected chi connectivity index (χ2v) is 7.43. The first-order valence-electron chi connectivity index (χ1n) is 7.27. The quantitative estimate of drug-likeness (QED) is 0.897. The Morgan fingerprint density at radius 1 is 1.20 bits per heavy atom. The lowest BCUT2D eigenvalue weighted by Gasteiger charge is -2.32. The first-order chi connectivity index (χ1) is 9.38. The third kappa shape index (κ3) is 3.81. The number of sulfonamides is 1. The van der Waals surface area contributed by atoms with Crippen molar-refractivity contribution in [3.05, 3.63) is 29.8 Å². The zero-order valence-electron chi connectivity index (χ0n) is 12.2. The number of rotatable bonds is 4. The topological polar surface area (TPSA) is 72.2 Å². The first-order valence-corrected chi connectivity index (χ1v) is 8.81. The summed E-state index contributed by atoms with van der Waals surface area (Å²) in [5.74, 6) is 0.704. The molecule has 3 unspecified atom stereocenters. The van der Waals surface area contributed by atoms with Crippen LogP contribution in [0.1, 0.15) is 51.1 Å². The second kappa shape index (κ2) is 6.24. The summed E-state index contributed by atoms with van der Waals surface area (Å²) in [4.78, 5) is 0.166. The fourth-order valence-corrected chi connectivity index (χ4v) is 3.44. The van der Waals surface area contributed by atoms with E-state index >= 15 is 0 Å². The monoisotopic (exact) mass is 296 g/mol. The lowest BCUT2D eigenvalue weighted by Crippen LogP contribution is -2.38. The van der Waals surface area contributed by atoms with E-state index in [9.17, 15) is 8.42 Å². The minimum atomic E-state index is -3.60. The van der Waals surface area contributed by atoms with Crippen molar-refractivity contribution in [2.45, 2.75) is 56.5 Å². The van der Waals surface area contributed by atoms with Gasteiger partial charge < -0.3 is 5.32 Å². The molecule has 5 heteroatoms. The molecule has 0 aliphatic heterocycles. The van der Waals surface area contributed by atoms with Crippen molar-refractivity contribution in [2.24, 2.45) is 11.1 Å². The van der Waals surface area contributed by atoms with Crippen LogP contribution in [0.15, 0.2) is 29.2 Å². The van der Waals surface area contributed by atoms with Gasteiger partial charge in [-0.3, -0.25) is 0 Å². The van der Waals surface area contributed by atoms with Gasteiger partial charge in [0, 0.05) is 12.1 Å². The third-order valence-electron chi connectivity index (χ3n) is 4.28. The highest BCUT2D eigenvalue weighted by Gasteiger charge is 2.22. The molecule has 2 rings (SSSR count). The largest absolute Gasteiger partial charge is 0.307 e. The van der Waals surface area contributed by atoms with E-state index in [1.54, 1.807) is 12.1 Å². The highest BCUT2D eigenvalue weighted by molar-refractivity contribution is 7.89. The molecule has 0 radical (unpaired) electrons. The van der Waals surface area contributed by atoms with Crippen molar-refractivity contribution in [2.75, 3.05) is 0 Å². The van der Waals surface area contributed by atoms with Crippen LogP contribution in [0.4, 0.5) is 0 Å². The van der Waals surface area contributed by atoms with Crippen LogP contribution in [0.5, 0.6) is 0 Å². The van der Waals surface area contributed by atoms with Gasteiger partial charge in [-0.25, -0.2) is 13.6 Å². The molecule has 1 fully saturated rings. The molecule has 3 atom stereocenters. The van der Waals surface area contributed by atoms with Gasteiger partial charge in [0.1, 0.15) is 0 Å². The Kier molecular flexibility index (Phi) is 4.83. The maximum absolute atomic E-state index is 11.2. The molecule has 20 heavy (non-hydrogen) atoms. The second-order valence-electron chi connectivity index (χ2n) is 5.87. The van der Waals surface area contributed by atoms with Gasteiger partial charge in [0.05, 0.1) is 4.90 Å². The van der Waals surface area contributed by atoms with Crippen molar-refractivity contribution in [1.82, 2.24) is 5.32 Å². The highest BCUT2D eigenvalue weighted by atomic mass is 32.2. The van der Waals surface area contributed by atoms with E-state index in [4.69, 9.17) is 5.14 Å². The van der Waals surface area contributed by atoms with E-state index in [0.717, 1.165) is 5.56 Å². The lowest BCUT2D eigenvalue weighted by atomic mass is 9.85. The molecule has 0 saturated heterocycles. The molecule has 1 aliphatic carbocycles. The van der Waals surface area contributed by atoms with Crippen molar-refractivity contribution < 1.29 is 8.42 Å². The number of primary sulfonamides is 1. The molecule has 1 aliphatic rings. The zero-order valence-corrected chi connectivity index (χ0v) is 13.0. The van der Waals surface area contributed by atoms with Gasteiger partial charge in [0.15, 0.2) is 0 Å². The summed E-state index contributed by atoms with van der Waals surface area (Å²) < 4.78 is 22.5. The van der Waals surface area contributed by atoms with E-state index in [1.165, 1.54) is 25.7 Å². The molecule has 0 bridgehead atoms. The third-order valence-corrected chi connectivity index (χ3v) is 5.21. The first kappa shape index (κ1) is 15.5. The number of nitrogens with one attached hydrogen (secondary N) is 1. The van der Waals surface area contributed by atoms with Crippen LogP contribution in [-0.4, -0.2) is 14.5 Å². The average molecular weight is 296 g/mol. The van der Waals surface area contributed by atoms with Gasteiger partial charge in [-0.05, 0) is 43.4 Å². The van der Waals surface area contributed by atoms with Crippen LogP contribution in [-0.2, 0) is 10.0 Å². The standard InChI is InChI=1S/C15H24N2O2S/c1-11-5-3-4-6-15(11)17-12(2)13-7-9-14(10-8-13)20(16,18)19/h7-12,15,17H,3-6H2,1-2H3,(H2,16,18,19). The van der Waals surface area contributed by atoms with E-state index in [2.05, 4.69) is 19.2 Å². The van der Waals surface area contributed by atoms with Gasteiger partial charge in [-0.15, -0.1) is 0 Å². The molecule has 0 spiro atoms. The summed E-state index contributed by atoms with van der Waals surface area (Å²) in [6, 6.07) is 7.60. The van der Waals surface area contributed by atoms with E-state index in [-0.39, 0.29) is 10.9 Å². The summed E-state index contributed by atoms with van der Waals surface area (Å²) in [7, 11) is -3.60. The maximum atomic E-state index is 11.2. The van der Waals surface area contributed by atoms with Crippen molar-refractivity contribution >= 4 is 10.0 Å². The predicted molar refractivity (Wildman–Crippen MR) is 80.8 cm³/mol. The van der Waals surface area contributed by atoms with Crippen LogP contribution >= 0.6 is 0 Å². The van der Waals surface area contributed by atoms with Gasteiger partial charge in [-0.2, -0.15) is 0 Å². The Labute approximate surface area is 121 Å². The number of benzene rings is 1. The van der Waals surface area contributed by atoms with Crippen LogP contribution in [0.3, 0.4) is 0 Å². The van der Waals surface area contributed by atoms with Gasteiger partial charge in [0.25, 0.3) is 0 Å². The molecule has 3 N–H and O–H groups in total. The SMILES string of the molecule is CC(NC1CCCCC1C)c1ccc(S(N)(=O)=O)cc1. The summed E-state index contributed by atoms with van der Waals surface area (Å²) in [5, 5.41) is 8.77. The van der Waals surface area contributed by atoms with E-state index in [1.807, 2.05) is 12.1 Å². The van der Waals surface area contributed by atoms with Gasteiger partial charge in [0.2, 0.25) is 10.0 Å². The summed E-state index contributed by atoms with van der Waals surface area (Å²) in [6.45, 7) is 4.42. The summed E-state index contributed by atoms with van der Waals surface area (Å²) in [5.41, 5.74) is 1.09. The number of hydrogen-bond acceptors (Lipinski definition) is 3. The molecule has 4 nitrogen and oxygen atoms in total. The molecular formula is C15H24N2O2S. The Morgan fingerprint density at radius 3 is 2.35 bits per heavy atom. The molecule has 1 saturated carbocycles. The van der Waals surface area contributed by atoms with Crippen LogP contribution in [0.25, 0.3) is 0 Å². The molecule has 0 aromatic heterocycles. The maximum Gasteiger partial charge on any atom is 0.238 e. The minimum Gasteiger partial charge on any atom is -0.307 e. The van der Waals surface area contributed by atoms with Gasteiger partial charge in [-0.1, -0.05) is 31.9 Å². The fourth-order valence-electron chi connectivity index (χ4n) is 2.93. The predicted octanol–water partition coefficient (Wildman–Crippen LogP) is 2.56. The lowest BCUT2D eigenvalue weighted by molar-refractivity contribution is 0.263. The molecule has 1 aromatic carbocycles. The van der Waals surface area contributed by atoms with E-state index in [0.29, 0.717) is 12.0 Å². The summed E-state index contributed by atoms with van der Waals surface area (Å²) in [6.07, 6.45) is 5.13. The van der Waals surface area contributed by atoms with Crippen molar-refractivity contribution in [1.29, 1.82) is 0 Å². The highest BCUT2D eigenvalue weighted by Crippen LogP contribution is 2.26. The van der Waals surface area contributed by atoms with E-state index < -0.39 is 10.0 Å². The fraction of sp³-hybridized carbons (Fsp3) is 0.600. The molecule has 0 heterocycles. The van der Waals surface area contributed by atoms with Gasteiger partial charge >= 0.3 is 0 Å². The molecule has 1 aromatic rings. The average Bonchev–Trinajstić information content (AvgIpc) is 2.40. The zero-order chi connectivity index (χ0) is 14.8. The summed E-state index contributed by atoms with van der Waals surface area (Å²) >= 11 is 0.